The van der Waals surface area contributed by atoms with Crippen molar-refractivity contribution in [1.82, 2.24) is 4.57 Å². The van der Waals surface area contributed by atoms with Crippen LogP contribution in [0.1, 0.15) is 50.4 Å². The molecule has 0 bridgehead atoms. The molecular formula is C33H29BrClN3O7S. The lowest BCUT2D eigenvalue weighted by Crippen LogP contribution is -2.40. The molecule has 5 rings (SSSR count). The van der Waals surface area contributed by atoms with Gasteiger partial charge in [0.15, 0.2) is 4.80 Å². The summed E-state index contributed by atoms with van der Waals surface area (Å²) in [5.74, 6) is -0.0307. The molecule has 13 heteroatoms. The van der Waals surface area contributed by atoms with Gasteiger partial charge in [0.2, 0.25) is 5.75 Å². The number of aromatic nitrogens is 1. The lowest BCUT2D eigenvalue weighted by atomic mass is 9.95. The van der Waals surface area contributed by atoms with Crippen LogP contribution in [0.15, 0.2) is 86.2 Å². The van der Waals surface area contributed by atoms with Gasteiger partial charge in [0.25, 0.3) is 5.56 Å². The summed E-state index contributed by atoms with van der Waals surface area (Å²) in [5.41, 5.74) is 1.65. The van der Waals surface area contributed by atoms with Crippen molar-refractivity contribution in [2.75, 3.05) is 6.61 Å². The number of ether oxygens (including phenoxy) is 3. The number of benzene rings is 3. The Bertz CT molecular complexity index is 2050. The maximum Gasteiger partial charge on any atom is 0.338 e. The topological polar surface area (TPSA) is 122 Å². The van der Waals surface area contributed by atoms with Crippen LogP contribution in [0.5, 0.6) is 11.5 Å². The van der Waals surface area contributed by atoms with Gasteiger partial charge in [-0.3, -0.25) is 19.5 Å². The molecule has 0 N–H and O–H groups in total. The number of rotatable bonds is 10. The lowest BCUT2D eigenvalue weighted by Gasteiger charge is -2.26. The molecule has 1 atom stereocenters. The quantitative estimate of drug-likeness (QED) is 0.104. The molecule has 0 spiro atoms. The fourth-order valence-corrected chi connectivity index (χ4v) is 6.89. The van der Waals surface area contributed by atoms with Crippen LogP contribution in [0.3, 0.4) is 0 Å². The van der Waals surface area contributed by atoms with Crippen molar-refractivity contribution in [2.24, 2.45) is 4.99 Å². The SMILES string of the molecule is CCOC(=O)C1=C(C)N=c2s/c(=C\c3cc(Br)c(OCc4cccc(Cl)c4)c([N+](=O)[O-])c3)c(=O)n2[C@@H]1c1ccccc1OC(C)C. The summed E-state index contributed by atoms with van der Waals surface area (Å²) in [6.07, 6.45) is 1.39. The number of hydrogen-bond acceptors (Lipinski definition) is 9. The van der Waals surface area contributed by atoms with E-state index in [1.54, 1.807) is 62.4 Å². The average molecular weight is 727 g/mol. The summed E-state index contributed by atoms with van der Waals surface area (Å²) in [4.78, 5) is 43.9. The Morgan fingerprint density at radius 1 is 1.20 bits per heavy atom. The molecule has 4 aromatic rings. The summed E-state index contributed by atoms with van der Waals surface area (Å²) in [6, 6.07) is 16.3. The minimum absolute atomic E-state index is 0.0417. The molecular weight excluding hydrogens is 698 g/mol. The number of nitro groups is 1. The number of hydrogen-bond donors (Lipinski definition) is 0. The normalized spacial score (nSPS) is 14.6. The van der Waals surface area contributed by atoms with Crippen LogP contribution in [-0.2, 0) is 16.1 Å². The highest BCUT2D eigenvalue weighted by atomic mass is 79.9. The molecule has 0 aliphatic carbocycles. The van der Waals surface area contributed by atoms with E-state index in [0.29, 0.717) is 36.9 Å². The summed E-state index contributed by atoms with van der Waals surface area (Å²) in [7, 11) is 0. The van der Waals surface area contributed by atoms with E-state index < -0.39 is 22.5 Å². The third-order valence-corrected chi connectivity index (χ3v) is 8.71. The minimum atomic E-state index is -0.879. The molecule has 1 aliphatic heterocycles. The number of carbonyl (C=O) groups is 1. The number of thiazole rings is 1. The van der Waals surface area contributed by atoms with Crippen LogP contribution in [0, 0.1) is 10.1 Å². The van der Waals surface area contributed by atoms with Gasteiger partial charge in [-0.05, 0) is 85.1 Å². The van der Waals surface area contributed by atoms with E-state index >= 15 is 0 Å². The van der Waals surface area contributed by atoms with E-state index in [2.05, 4.69) is 20.9 Å². The number of esters is 1. The third kappa shape index (κ3) is 6.93. The van der Waals surface area contributed by atoms with Gasteiger partial charge in [0, 0.05) is 16.7 Å². The van der Waals surface area contributed by atoms with E-state index in [4.69, 9.17) is 25.8 Å². The van der Waals surface area contributed by atoms with Crippen molar-refractivity contribution in [3.63, 3.8) is 0 Å². The second-order valence-corrected chi connectivity index (χ2v) is 12.8. The smallest absolute Gasteiger partial charge is 0.338 e. The van der Waals surface area contributed by atoms with Gasteiger partial charge in [-0.15, -0.1) is 0 Å². The number of para-hydroxylation sites is 1. The molecule has 1 aliphatic rings. The van der Waals surface area contributed by atoms with E-state index in [-0.39, 0.29) is 40.9 Å². The van der Waals surface area contributed by atoms with E-state index in [0.717, 1.165) is 16.9 Å². The number of halogens is 2. The van der Waals surface area contributed by atoms with Gasteiger partial charge >= 0.3 is 11.7 Å². The first-order chi connectivity index (χ1) is 22.0. The Balaban J connectivity index is 1.63. The Kier molecular flexibility index (Phi) is 10.1. The van der Waals surface area contributed by atoms with Crippen LogP contribution in [-0.4, -0.2) is 28.2 Å². The predicted molar refractivity (Wildman–Crippen MR) is 179 cm³/mol. The fraction of sp³-hybridized carbons (Fsp3) is 0.242. The molecule has 0 saturated carbocycles. The lowest BCUT2D eigenvalue weighted by molar-refractivity contribution is -0.386. The van der Waals surface area contributed by atoms with Crippen LogP contribution in [0.25, 0.3) is 6.08 Å². The fourth-order valence-electron chi connectivity index (χ4n) is 5.05. The zero-order valence-electron chi connectivity index (χ0n) is 25.3. The summed E-state index contributed by atoms with van der Waals surface area (Å²) in [5, 5.41) is 12.6. The van der Waals surface area contributed by atoms with Gasteiger partial charge in [0.1, 0.15) is 18.4 Å². The maximum atomic E-state index is 14.1. The molecule has 0 fully saturated rings. The third-order valence-electron chi connectivity index (χ3n) is 6.91. The van der Waals surface area contributed by atoms with Crippen molar-refractivity contribution in [2.45, 2.75) is 46.4 Å². The highest BCUT2D eigenvalue weighted by Crippen LogP contribution is 2.38. The Morgan fingerprint density at radius 2 is 1.96 bits per heavy atom. The zero-order valence-corrected chi connectivity index (χ0v) is 28.4. The average Bonchev–Trinajstić information content (AvgIpc) is 3.29. The van der Waals surface area contributed by atoms with Gasteiger partial charge < -0.3 is 14.2 Å². The van der Waals surface area contributed by atoms with Gasteiger partial charge in [0.05, 0.1) is 37.9 Å². The standard InChI is InChI=1S/C33H29BrClN3O7S/c1-5-43-32(40)28-19(4)36-33-37(29(28)23-11-6-7-12-26(23)45-18(2)3)31(39)27(46-33)16-21-14-24(34)30(25(15-21)38(41)42)44-17-20-9-8-10-22(35)13-20/h6-16,18,29H,5,17H2,1-4H3/b27-16-/t29-/m1/s1. The maximum absolute atomic E-state index is 14.1. The Morgan fingerprint density at radius 3 is 2.65 bits per heavy atom. The molecule has 0 radical (unpaired) electrons. The minimum Gasteiger partial charge on any atom is -0.491 e. The highest BCUT2D eigenvalue weighted by Gasteiger charge is 2.35. The number of allylic oxidation sites excluding steroid dienone is 1. The summed E-state index contributed by atoms with van der Waals surface area (Å²) < 4.78 is 19.3. The van der Waals surface area contributed by atoms with Gasteiger partial charge in [-0.1, -0.05) is 53.3 Å². The number of carbonyl (C=O) groups excluding carboxylic acids is 1. The van der Waals surface area contributed by atoms with Crippen LogP contribution in [0.2, 0.25) is 5.02 Å². The van der Waals surface area contributed by atoms with E-state index in [9.17, 15) is 19.7 Å². The molecule has 2 heterocycles. The first-order valence-electron chi connectivity index (χ1n) is 14.3. The monoisotopic (exact) mass is 725 g/mol. The summed E-state index contributed by atoms with van der Waals surface area (Å²) in [6.45, 7) is 7.38. The second kappa shape index (κ2) is 14.0. The van der Waals surface area contributed by atoms with Crippen molar-refractivity contribution < 1.29 is 23.9 Å². The van der Waals surface area contributed by atoms with E-state index in [1.807, 2.05) is 26.0 Å². The molecule has 0 saturated heterocycles. The number of nitro benzene ring substituents is 1. The number of fused-ring (bicyclic) bond motifs is 1. The van der Waals surface area contributed by atoms with Gasteiger partial charge in [-0.25, -0.2) is 9.79 Å². The Hall–Kier alpha value is -4.26. The molecule has 0 amide bonds. The molecule has 3 aromatic carbocycles. The van der Waals surface area contributed by atoms with Crippen LogP contribution >= 0.6 is 38.9 Å². The zero-order chi connectivity index (χ0) is 33.1. The van der Waals surface area contributed by atoms with Crippen LogP contribution in [0.4, 0.5) is 5.69 Å². The van der Waals surface area contributed by atoms with Crippen molar-refractivity contribution >= 4 is 56.6 Å². The van der Waals surface area contributed by atoms with Crippen molar-refractivity contribution in [1.29, 1.82) is 0 Å². The molecule has 0 unspecified atom stereocenters. The first kappa shape index (κ1) is 33.1. The van der Waals surface area contributed by atoms with Gasteiger partial charge in [-0.2, -0.15) is 0 Å². The molecule has 10 nitrogen and oxygen atoms in total. The summed E-state index contributed by atoms with van der Waals surface area (Å²) >= 11 is 10.6. The van der Waals surface area contributed by atoms with Crippen molar-refractivity contribution in [3.8, 4) is 11.5 Å². The predicted octanol–water partition coefficient (Wildman–Crippen LogP) is 6.49. The number of nitrogens with zero attached hydrogens (tertiary/aromatic N) is 3. The second-order valence-electron chi connectivity index (χ2n) is 10.5. The first-order valence-corrected chi connectivity index (χ1v) is 16.3. The highest BCUT2D eigenvalue weighted by molar-refractivity contribution is 9.10. The molecule has 46 heavy (non-hydrogen) atoms. The largest absolute Gasteiger partial charge is 0.491 e. The van der Waals surface area contributed by atoms with Crippen LogP contribution < -0.4 is 24.4 Å². The Labute approximate surface area is 281 Å². The molecule has 238 valence electrons. The van der Waals surface area contributed by atoms with Crippen molar-refractivity contribution in [3.05, 3.63) is 128 Å². The molecule has 1 aromatic heterocycles. The van der Waals surface area contributed by atoms with E-state index in [1.165, 1.54) is 10.6 Å².